The third-order valence-electron chi connectivity index (χ3n) is 3.30. The highest BCUT2D eigenvalue weighted by atomic mass is 35.5. The largest absolute Gasteiger partial charge is 0.472 e. The van der Waals surface area contributed by atoms with Crippen molar-refractivity contribution < 1.29 is 13.9 Å². The lowest BCUT2D eigenvalue weighted by Crippen LogP contribution is -2.44. The number of ether oxygens (including phenoxy) is 1. The Morgan fingerprint density at radius 3 is 2.95 bits per heavy atom. The number of hydrogen-bond acceptors (Lipinski definition) is 5. The molecule has 2 aromatic rings. The first-order chi connectivity index (χ1) is 10.2. The average molecular weight is 308 g/mol. The molecule has 1 saturated heterocycles. The number of halogens is 1. The molecule has 3 heterocycles. The van der Waals surface area contributed by atoms with Crippen LogP contribution in [0.4, 0.5) is 0 Å². The van der Waals surface area contributed by atoms with Gasteiger partial charge in [-0.15, -0.1) is 0 Å². The monoisotopic (exact) mass is 307 g/mol. The van der Waals surface area contributed by atoms with E-state index in [-0.39, 0.29) is 18.0 Å². The predicted octanol–water partition coefficient (Wildman–Crippen LogP) is 2.41. The smallest absolute Gasteiger partial charge is 0.316 e. The predicted molar refractivity (Wildman–Crippen MR) is 75.3 cm³/mol. The molecule has 21 heavy (non-hydrogen) atoms. The van der Waals surface area contributed by atoms with Gasteiger partial charge >= 0.3 is 6.01 Å². The summed E-state index contributed by atoms with van der Waals surface area (Å²) in [5, 5.41) is 0.461. The normalized spacial score (nSPS) is 18.5. The molecular weight excluding hydrogens is 294 g/mol. The van der Waals surface area contributed by atoms with Gasteiger partial charge < -0.3 is 14.1 Å². The minimum Gasteiger partial charge on any atom is -0.472 e. The molecule has 0 aliphatic carbocycles. The van der Waals surface area contributed by atoms with Crippen molar-refractivity contribution in [1.82, 2.24) is 14.9 Å². The van der Waals surface area contributed by atoms with Crippen molar-refractivity contribution in [2.75, 3.05) is 13.1 Å². The Balaban J connectivity index is 1.63. The molecule has 1 aliphatic heterocycles. The Labute approximate surface area is 126 Å². The lowest BCUT2D eigenvalue weighted by molar-refractivity contribution is 0.0515. The summed E-state index contributed by atoms with van der Waals surface area (Å²) >= 11 is 5.73. The van der Waals surface area contributed by atoms with Gasteiger partial charge in [-0.3, -0.25) is 4.79 Å². The standard InChI is InChI=1S/C14H14ClN3O3/c15-11-6-16-14(17-7-11)21-12-2-1-4-18(8-12)13(19)10-3-5-20-9-10/h3,5-7,9,12H,1-2,4,8H2. The summed E-state index contributed by atoms with van der Waals surface area (Å²) in [6.45, 7) is 1.22. The van der Waals surface area contributed by atoms with Crippen molar-refractivity contribution in [2.45, 2.75) is 18.9 Å². The first-order valence-electron chi connectivity index (χ1n) is 6.68. The van der Waals surface area contributed by atoms with Crippen LogP contribution in [0.25, 0.3) is 0 Å². The van der Waals surface area contributed by atoms with Crippen LogP contribution in [0.3, 0.4) is 0 Å². The summed E-state index contributed by atoms with van der Waals surface area (Å²) in [6.07, 6.45) is 7.54. The zero-order valence-electron chi connectivity index (χ0n) is 11.2. The maximum absolute atomic E-state index is 12.3. The van der Waals surface area contributed by atoms with E-state index in [1.807, 2.05) is 0 Å². The quantitative estimate of drug-likeness (QED) is 0.871. The van der Waals surface area contributed by atoms with Crippen molar-refractivity contribution in [3.63, 3.8) is 0 Å². The number of piperidine rings is 1. The van der Waals surface area contributed by atoms with Crippen LogP contribution in [-0.2, 0) is 0 Å². The second-order valence-electron chi connectivity index (χ2n) is 4.83. The molecule has 2 aromatic heterocycles. The van der Waals surface area contributed by atoms with Crippen molar-refractivity contribution in [1.29, 1.82) is 0 Å². The molecule has 110 valence electrons. The van der Waals surface area contributed by atoms with Crippen LogP contribution in [0, 0.1) is 0 Å². The van der Waals surface area contributed by atoms with Crippen molar-refractivity contribution in [3.05, 3.63) is 41.6 Å². The Kier molecular flexibility index (Phi) is 4.06. The van der Waals surface area contributed by atoms with Gasteiger partial charge in [-0.2, -0.15) is 0 Å². The first kappa shape index (κ1) is 13.9. The molecule has 1 aliphatic rings. The number of amides is 1. The minimum atomic E-state index is -0.115. The third-order valence-corrected chi connectivity index (χ3v) is 3.50. The van der Waals surface area contributed by atoms with Crippen molar-refractivity contribution in [3.8, 4) is 6.01 Å². The fourth-order valence-corrected chi connectivity index (χ4v) is 2.40. The van der Waals surface area contributed by atoms with Gasteiger partial charge in [-0.25, -0.2) is 9.97 Å². The Bertz CT molecular complexity index is 600. The minimum absolute atomic E-state index is 0.0472. The summed E-state index contributed by atoms with van der Waals surface area (Å²) in [7, 11) is 0. The van der Waals surface area contributed by atoms with Gasteiger partial charge in [0.15, 0.2) is 0 Å². The molecule has 1 amide bonds. The van der Waals surface area contributed by atoms with E-state index in [0.29, 0.717) is 23.7 Å². The van der Waals surface area contributed by atoms with E-state index >= 15 is 0 Å². The summed E-state index contributed by atoms with van der Waals surface area (Å²) in [5.74, 6) is -0.0472. The van der Waals surface area contributed by atoms with Gasteiger partial charge in [-0.1, -0.05) is 11.6 Å². The van der Waals surface area contributed by atoms with E-state index in [4.69, 9.17) is 20.8 Å². The molecule has 0 bridgehead atoms. The third kappa shape index (κ3) is 3.33. The molecule has 6 nitrogen and oxygen atoms in total. The highest BCUT2D eigenvalue weighted by Gasteiger charge is 2.26. The molecule has 0 spiro atoms. The van der Waals surface area contributed by atoms with Crippen molar-refractivity contribution >= 4 is 17.5 Å². The van der Waals surface area contributed by atoms with E-state index in [0.717, 1.165) is 12.8 Å². The summed E-state index contributed by atoms with van der Waals surface area (Å²) in [4.78, 5) is 22.0. The number of likely N-dealkylation sites (tertiary alicyclic amines) is 1. The maximum atomic E-state index is 12.3. The zero-order valence-corrected chi connectivity index (χ0v) is 12.0. The highest BCUT2D eigenvalue weighted by molar-refractivity contribution is 6.30. The lowest BCUT2D eigenvalue weighted by Gasteiger charge is -2.32. The van der Waals surface area contributed by atoms with Gasteiger partial charge in [0.1, 0.15) is 12.4 Å². The molecule has 0 N–H and O–H groups in total. The van der Waals surface area contributed by atoms with Gasteiger partial charge in [0.25, 0.3) is 5.91 Å². The lowest BCUT2D eigenvalue weighted by atomic mass is 10.1. The summed E-state index contributed by atoms with van der Waals surface area (Å²) in [6, 6.07) is 1.94. The second-order valence-corrected chi connectivity index (χ2v) is 5.27. The van der Waals surface area contributed by atoms with Crippen LogP contribution in [-0.4, -0.2) is 40.0 Å². The number of carbonyl (C=O) groups excluding carboxylic acids is 1. The second kappa shape index (κ2) is 6.13. The van der Waals surface area contributed by atoms with Crippen molar-refractivity contribution in [2.24, 2.45) is 0 Å². The number of aromatic nitrogens is 2. The number of furan rings is 1. The first-order valence-corrected chi connectivity index (χ1v) is 7.06. The molecule has 0 aromatic carbocycles. The van der Waals surface area contributed by atoms with E-state index in [2.05, 4.69) is 9.97 Å². The van der Waals surface area contributed by atoms with Crippen LogP contribution in [0.15, 0.2) is 35.4 Å². The maximum Gasteiger partial charge on any atom is 0.316 e. The fraction of sp³-hybridized carbons (Fsp3) is 0.357. The van der Waals surface area contributed by atoms with E-state index in [1.165, 1.54) is 24.9 Å². The van der Waals surface area contributed by atoms with Crippen LogP contribution >= 0.6 is 11.6 Å². The molecule has 1 atom stereocenters. The Morgan fingerprint density at radius 1 is 1.43 bits per heavy atom. The summed E-state index contributed by atoms with van der Waals surface area (Å²) in [5.41, 5.74) is 0.554. The van der Waals surface area contributed by atoms with Crippen LogP contribution in [0.2, 0.25) is 5.02 Å². The molecule has 7 heteroatoms. The van der Waals surface area contributed by atoms with Crippen LogP contribution < -0.4 is 4.74 Å². The van der Waals surface area contributed by atoms with E-state index < -0.39 is 0 Å². The van der Waals surface area contributed by atoms with Crippen LogP contribution in [0.1, 0.15) is 23.2 Å². The zero-order chi connectivity index (χ0) is 14.7. The highest BCUT2D eigenvalue weighted by Crippen LogP contribution is 2.18. The number of nitrogens with zero attached hydrogens (tertiary/aromatic N) is 3. The fourth-order valence-electron chi connectivity index (χ4n) is 2.30. The molecule has 3 rings (SSSR count). The number of rotatable bonds is 3. The molecular formula is C14H14ClN3O3. The Morgan fingerprint density at radius 2 is 2.24 bits per heavy atom. The average Bonchev–Trinajstić information content (AvgIpc) is 3.03. The van der Waals surface area contributed by atoms with Crippen LogP contribution in [0.5, 0.6) is 6.01 Å². The van der Waals surface area contributed by atoms with E-state index in [9.17, 15) is 4.79 Å². The summed E-state index contributed by atoms with van der Waals surface area (Å²) < 4.78 is 10.7. The molecule has 1 fully saturated rings. The van der Waals surface area contributed by atoms with Gasteiger partial charge in [-0.05, 0) is 18.9 Å². The Hall–Kier alpha value is -2.08. The van der Waals surface area contributed by atoms with Gasteiger partial charge in [0, 0.05) is 6.54 Å². The van der Waals surface area contributed by atoms with E-state index in [1.54, 1.807) is 11.0 Å². The number of hydrogen-bond donors (Lipinski definition) is 0. The molecule has 0 radical (unpaired) electrons. The SMILES string of the molecule is O=C(c1ccoc1)N1CCCC(Oc2ncc(Cl)cn2)C1. The van der Waals surface area contributed by atoms with Gasteiger partial charge in [0.05, 0.1) is 35.8 Å². The molecule has 0 saturated carbocycles. The number of carbonyl (C=O) groups is 1. The molecule has 1 unspecified atom stereocenters. The van der Waals surface area contributed by atoms with Gasteiger partial charge in [0.2, 0.25) is 0 Å². The topological polar surface area (TPSA) is 68.5 Å².